The van der Waals surface area contributed by atoms with Crippen LogP contribution in [0, 0.1) is 5.92 Å². The molecule has 0 atom stereocenters. The summed E-state index contributed by atoms with van der Waals surface area (Å²) in [6.07, 6.45) is 10.7. The van der Waals surface area contributed by atoms with Gasteiger partial charge in [0.05, 0.1) is 31.1 Å². The third-order valence-electron chi connectivity index (χ3n) is 5.24. The summed E-state index contributed by atoms with van der Waals surface area (Å²) in [6, 6.07) is 2.48. The minimum absolute atomic E-state index is 0.525. The Morgan fingerprint density at radius 1 is 1.24 bits per heavy atom. The van der Waals surface area contributed by atoms with Crippen LogP contribution in [-0.2, 0) is 4.74 Å². The standard InChI is InChI=1S/C18H26N6O/c19-4-1-2-14-10-16(11-14)24-13-15(12-21-24)17-3-5-20-18(22-17)23-6-8-25-9-7-23/h3,5,12-14,16H,1-2,4,6-11,19H2. The molecule has 1 saturated carbocycles. The second-order valence-electron chi connectivity index (χ2n) is 6.97. The zero-order chi connectivity index (χ0) is 17.1. The van der Waals surface area contributed by atoms with Gasteiger partial charge in [-0.2, -0.15) is 5.10 Å². The Balaban J connectivity index is 1.42. The SMILES string of the molecule is NCCCC1CC(n2cc(-c3ccnc(N4CCOCC4)n3)cn2)C1. The molecule has 25 heavy (non-hydrogen) atoms. The summed E-state index contributed by atoms with van der Waals surface area (Å²) in [4.78, 5) is 11.3. The van der Waals surface area contributed by atoms with Crippen molar-refractivity contribution in [1.82, 2.24) is 19.7 Å². The zero-order valence-electron chi connectivity index (χ0n) is 14.5. The number of ether oxygens (including phenoxy) is 1. The van der Waals surface area contributed by atoms with Crippen LogP contribution < -0.4 is 10.6 Å². The Morgan fingerprint density at radius 3 is 2.88 bits per heavy atom. The average Bonchev–Trinajstić information content (AvgIpc) is 3.11. The Labute approximate surface area is 148 Å². The molecular weight excluding hydrogens is 316 g/mol. The summed E-state index contributed by atoms with van der Waals surface area (Å²) in [5.74, 6) is 1.59. The fraction of sp³-hybridized carbons (Fsp3) is 0.611. The van der Waals surface area contributed by atoms with Crippen LogP contribution in [0.25, 0.3) is 11.3 Å². The van der Waals surface area contributed by atoms with E-state index < -0.39 is 0 Å². The minimum Gasteiger partial charge on any atom is -0.378 e. The number of morpholine rings is 1. The Bertz CT molecular complexity index is 690. The summed E-state index contributed by atoms with van der Waals surface area (Å²) in [6.45, 7) is 3.95. The molecule has 2 N–H and O–H groups in total. The van der Waals surface area contributed by atoms with Gasteiger partial charge < -0.3 is 15.4 Å². The molecule has 2 aliphatic rings. The molecule has 0 amide bonds. The first-order valence-corrected chi connectivity index (χ1v) is 9.24. The molecule has 7 heteroatoms. The molecule has 134 valence electrons. The fourth-order valence-corrected chi connectivity index (χ4v) is 3.65. The summed E-state index contributed by atoms with van der Waals surface area (Å²) < 4.78 is 7.50. The Morgan fingerprint density at radius 2 is 2.08 bits per heavy atom. The van der Waals surface area contributed by atoms with E-state index in [1.165, 1.54) is 19.3 Å². The van der Waals surface area contributed by atoms with Gasteiger partial charge in [0.15, 0.2) is 0 Å². The van der Waals surface area contributed by atoms with E-state index >= 15 is 0 Å². The minimum atomic E-state index is 0.525. The largest absolute Gasteiger partial charge is 0.378 e. The second kappa shape index (κ2) is 7.49. The predicted molar refractivity (Wildman–Crippen MR) is 96.3 cm³/mol. The van der Waals surface area contributed by atoms with Crippen LogP contribution in [-0.4, -0.2) is 52.6 Å². The number of anilines is 1. The van der Waals surface area contributed by atoms with Crippen molar-refractivity contribution >= 4 is 5.95 Å². The molecule has 2 aromatic heterocycles. The molecule has 0 spiro atoms. The maximum Gasteiger partial charge on any atom is 0.226 e. The van der Waals surface area contributed by atoms with Gasteiger partial charge in [-0.1, -0.05) is 0 Å². The van der Waals surface area contributed by atoms with Gasteiger partial charge in [0, 0.05) is 31.0 Å². The highest BCUT2D eigenvalue weighted by atomic mass is 16.5. The van der Waals surface area contributed by atoms with Gasteiger partial charge >= 0.3 is 0 Å². The van der Waals surface area contributed by atoms with E-state index in [4.69, 9.17) is 15.5 Å². The fourth-order valence-electron chi connectivity index (χ4n) is 3.65. The lowest BCUT2D eigenvalue weighted by Crippen LogP contribution is -2.37. The molecule has 2 fully saturated rings. The predicted octanol–water partition coefficient (Wildman–Crippen LogP) is 1.87. The van der Waals surface area contributed by atoms with Crippen LogP contribution in [0.1, 0.15) is 31.7 Å². The molecule has 1 aliphatic carbocycles. The van der Waals surface area contributed by atoms with Gasteiger partial charge in [-0.25, -0.2) is 9.97 Å². The smallest absolute Gasteiger partial charge is 0.226 e. The molecule has 7 nitrogen and oxygen atoms in total. The van der Waals surface area contributed by atoms with Gasteiger partial charge in [0.25, 0.3) is 0 Å². The molecule has 1 saturated heterocycles. The molecule has 4 rings (SSSR count). The highest BCUT2D eigenvalue weighted by Crippen LogP contribution is 2.40. The van der Waals surface area contributed by atoms with Crippen molar-refractivity contribution in [2.45, 2.75) is 31.7 Å². The third-order valence-corrected chi connectivity index (χ3v) is 5.24. The molecule has 0 bridgehead atoms. The molecule has 1 aliphatic heterocycles. The van der Waals surface area contributed by atoms with Gasteiger partial charge in [0.1, 0.15) is 0 Å². The monoisotopic (exact) mass is 342 g/mol. The van der Waals surface area contributed by atoms with Gasteiger partial charge in [0.2, 0.25) is 5.95 Å². The van der Waals surface area contributed by atoms with E-state index in [-0.39, 0.29) is 0 Å². The first-order chi connectivity index (χ1) is 12.3. The van der Waals surface area contributed by atoms with Crippen molar-refractivity contribution in [2.24, 2.45) is 11.7 Å². The lowest BCUT2D eigenvalue weighted by Gasteiger charge is -2.35. The maximum atomic E-state index is 5.60. The highest BCUT2D eigenvalue weighted by Gasteiger charge is 2.30. The van der Waals surface area contributed by atoms with Crippen LogP contribution in [0.2, 0.25) is 0 Å². The molecular formula is C18H26N6O. The van der Waals surface area contributed by atoms with Crippen LogP contribution in [0.15, 0.2) is 24.7 Å². The average molecular weight is 342 g/mol. The third kappa shape index (κ3) is 3.67. The van der Waals surface area contributed by atoms with E-state index in [2.05, 4.69) is 25.9 Å². The van der Waals surface area contributed by atoms with E-state index in [9.17, 15) is 0 Å². The van der Waals surface area contributed by atoms with Crippen molar-refractivity contribution in [3.05, 3.63) is 24.7 Å². The quantitative estimate of drug-likeness (QED) is 0.863. The molecule has 2 aromatic rings. The molecule has 0 unspecified atom stereocenters. The summed E-state index contributed by atoms with van der Waals surface area (Å²) >= 11 is 0. The normalized spacial score (nSPS) is 23.5. The van der Waals surface area contributed by atoms with E-state index in [0.717, 1.165) is 62.4 Å². The maximum absolute atomic E-state index is 5.60. The summed E-state index contributed by atoms with van der Waals surface area (Å²) in [5, 5.41) is 4.57. The molecule has 3 heterocycles. The summed E-state index contributed by atoms with van der Waals surface area (Å²) in [5.41, 5.74) is 7.59. The van der Waals surface area contributed by atoms with Crippen LogP contribution >= 0.6 is 0 Å². The Hall–Kier alpha value is -1.99. The van der Waals surface area contributed by atoms with Crippen LogP contribution in [0.5, 0.6) is 0 Å². The zero-order valence-corrected chi connectivity index (χ0v) is 14.5. The van der Waals surface area contributed by atoms with Crippen molar-refractivity contribution in [3.63, 3.8) is 0 Å². The topological polar surface area (TPSA) is 82.1 Å². The second-order valence-corrected chi connectivity index (χ2v) is 6.97. The lowest BCUT2D eigenvalue weighted by molar-refractivity contribution is 0.122. The van der Waals surface area contributed by atoms with E-state index in [1.54, 1.807) is 0 Å². The van der Waals surface area contributed by atoms with Gasteiger partial charge in [-0.3, -0.25) is 4.68 Å². The van der Waals surface area contributed by atoms with Crippen molar-refractivity contribution in [2.75, 3.05) is 37.7 Å². The number of hydrogen-bond donors (Lipinski definition) is 1. The summed E-state index contributed by atoms with van der Waals surface area (Å²) in [7, 11) is 0. The number of hydrogen-bond acceptors (Lipinski definition) is 6. The van der Waals surface area contributed by atoms with Crippen molar-refractivity contribution < 1.29 is 4.74 Å². The number of nitrogens with two attached hydrogens (primary N) is 1. The highest BCUT2D eigenvalue weighted by molar-refractivity contribution is 5.58. The number of nitrogens with zero attached hydrogens (tertiary/aromatic N) is 5. The number of rotatable bonds is 6. The molecule has 0 radical (unpaired) electrons. The van der Waals surface area contributed by atoms with Gasteiger partial charge in [-0.05, 0) is 44.2 Å². The van der Waals surface area contributed by atoms with Gasteiger partial charge in [-0.15, -0.1) is 0 Å². The molecule has 0 aromatic carbocycles. The first kappa shape index (κ1) is 16.5. The van der Waals surface area contributed by atoms with Crippen molar-refractivity contribution in [1.29, 1.82) is 0 Å². The number of aromatic nitrogens is 4. The van der Waals surface area contributed by atoms with E-state index in [0.29, 0.717) is 6.04 Å². The van der Waals surface area contributed by atoms with Crippen molar-refractivity contribution in [3.8, 4) is 11.3 Å². The first-order valence-electron chi connectivity index (χ1n) is 9.24. The van der Waals surface area contributed by atoms with Crippen LogP contribution in [0.3, 0.4) is 0 Å². The van der Waals surface area contributed by atoms with E-state index in [1.807, 2.05) is 18.5 Å². The Kier molecular flexibility index (Phi) is 4.94. The van der Waals surface area contributed by atoms with Crippen LogP contribution in [0.4, 0.5) is 5.95 Å². The lowest BCUT2D eigenvalue weighted by atomic mass is 9.77.